The van der Waals surface area contributed by atoms with Crippen molar-refractivity contribution in [1.29, 1.82) is 0 Å². The summed E-state index contributed by atoms with van der Waals surface area (Å²) >= 11 is 0. The molecule has 0 unspecified atom stereocenters. The molecule has 0 aromatic heterocycles. The molecule has 0 spiro atoms. The minimum Gasteiger partial charge on any atom is -0.494 e. The van der Waals surface area contributed by atoms with E-state index in [4.69, 9.17) is 0 Å². The van der Waals surface area contributed by atoms with E-state index in [1.165, 1.54) is 0 Å². The zero-order valence-corrected chi connectivity index (χ0v) is 11.3. The maximum absolute atomic E-state index is 13.4. The molecule has 1 rings (SSSR count). The number of methoxy groups -OCH3 is 1. The fourth-order valence-corrected chi connectivity index (χ4v) is 1.51. The number of carbonyl (C=O) groups excluding carboxylic acids is 1. The van der Waals surface area contributed by atoms with Gasteiger partial charge in [0.15, 0.2) is 11.6 Å². The van der Waals surface area contributed by atoms with Crippen molar-refractivity contribution in [3.05, 3.63) is 29.6 Å². The largest absolute Gasteiger partial charge is 0.494 e. The van der Waals surface area contributed by atoms with Gasteiger partial charge in [0, 0.05) is 5.56 Å². The summed E-state index contributed by atoms with van der Waals surface area (Å²) in [4.78, 5) is 11.3. The molecule has 12 heteroatoms. The van der Waals surface area contributed by atoms with Crippen molar-refractivity contribution < 1.29 is 53.4 Å². The second kappa shape index (κ2) is 5.81. The highest BCUT2D eigenvalue weighted by Crippen LogP contribution is 2.53. The van der Waals surface area contributed by atoms with Crippen molar-refractivity contribution in [2.75, 3.05) is 7.11 Å². The molecule has 1 aromatic rings. The Balaban J connectivity index is 3.37. The Morgan fingerprint density at radius 2 is 1.42 bits per heavy atom. The lowest BCUT2D eigenvalue weighted by molar-refractivity contribution is -0.386. The van der Waals surface area contributed by atoms with Crippen LogP contribution in [0.3, 0.4) is 0 Å². The van der Waals surface area contributed by atoms with E-state index in [9.17, 15) is 48.7 Å². The molecule has 0 heterocycles. The molecule has 0 N–H and O–H groups in total. The zero-order valence-electron chi connectivity index (χ0n) is 11.3. The second-order valence-corrected chi connectivity index (χ2v) is 4.40. The van der Waals surface area contributed by atoms with Crippen LogP contribution in [0.15, 0.2) is 18.2 Å². The van der Waals surface area contributed by atoms with Crippen LogP contribution in [-0.2, 0) is 0 Å². The topological polar surface area (TPSA) is 26.3 Å². The van der Waals surface area contributed by atoms with Gasteiger partial charge in [-0.1, -0.05) is 0 Å². The summed E-state index contributed by atoms with van der Waals surface area (Å²) in [5.74, 6) is -26.0. The van der Waals surface area contributed by atoms with Gasteiger partial charge in [-0.3, -0.25) is 4.79 Å². The van der Waals surface area contributed by atoms with E-state index in [-0.39, 0.29) is 6.07 Å². The third-order valence-electron chi connectivity index (χ3n) is 2.84. The maximum Gasteiger partial charge on any atom is 0.460 e. The highest BCUT2D eigenvalue weighted by atomic mass is 19.4. The summed E-state index contributed by atoms with van der Waals surface area (Å²) in [5, 5.41) is 0. The third kappa shape index (κ3) is 2.88. The highest BCUT2D eigenvalue weighted by molar-refractivity contribution is 6.02. The molecule has 0 saturated carbocycles. The van der Waals surface area contributed by atoms with E-state index in [1.54, 1.807) is 0 Å². The van der Waals surface area contributed by atoms with Gasteiger partial charge < -0.3 is 4.74 Å². The van der Waals surface area contributed by atoms with Crippen LogP contribution in [0.4, 0.5) is 43.9 Å². The Morgan fingerprint density at radius 3 is 1.79 bits per heavy atom. The Morgan fingerprint density at radius 1 is 0.917 bits per heavy atom. The second-order valence-electron chi connectivity index (χ2n) is 4.40. The van der Waals surface area contributed by atoms with Gasteiger partial charge in [-0.2, -0.15) is 39.5 Å². The van der Waals surface area contributed by atoms with Gasteiger partial charge in [0.2, 0.25) is 5.78 Å². The van der Waals surface area contributed by atoms with E-state index < -0.39 is 46.9 Å². The Kier molecular flexibility index (Phi) is 4.85. The van der Waals surface area contributed by atoms with Crippen LogP contribution in [0, 0.1) is 5.82 Å². The Labute approximate surface area is 127 Å². The number of carbonyl (C=O) groups is 1. The first-order valence-corrected chi connectivity index (χ1v) is 5.69. The summed E-state index contributed by atoms with van der Waals surface area (Å²) in [6.07, 6.45) is -7.05. The number of hydrogen-bond acceptors (Lipinski definition) is 2. The fourth-order valence-electron chi connectivity index (χ4n) is 1.51. The van der Waals surface area contributed by atoms with Gasteiger partial charge in [-0.25, -0.2) is 4.39 Å². The molecule has 0 atom stereocenters. The average molecular weight is 372 g/mol. The molecule has 0 fully saturated rings. The molecular weight excluding hydrogens is 366 g/mol. The molecule has 24 heavy (non-hydrogen) atoms. The minimum atomic E-state index is -7.20. The number of hydrogen-bond donors (Lipinski definition) is 0. The summed E-state index contributed by atoms with van der Waals surface area (Å²) in [5.41, 5.74) is -1.55. The monoisotopic (exact) mass is 372 g/mol. The van der Waals surface area contributed by atoms with Crippen molar-refractivity contribution >= 4 is 5.78 Å². The molecule has 0 amide bonds. The predicted octanol–water partition coefficient (Wildman–Crippen LogP) is 4.49. The molecule has 1 aromatic carbocycles. The first kappa shape index (κ1) is 20.0. The molecule has 0 aliphatic heterocycles. The van der Waals surface area contributed by atoms with Crippen molar-refractivity contribution in [3.8, 4) is 5.75 Å². The number of ether oxygens (including phenoxy) is 1. The maximum atomic E-state index is 13.4. The SMILES string of the molecule is COc1ccc(C(=O)C(F)(F)C(F)(F)C(F)(F)C(F)(F)F)cc1F. The van der Waals surface area contributed by atoms with Crippen LogP contribution < -0.4 is 4.74 Å². The molecule has 0 aliphatic rings. The molecule has 0 saturated heterocycles. The summed E-state index contributed by atoms with van der Waals surface area (Å²) < 4.78 is 132. The summed E-state index contributed by atoms with van der Waals surface area (Å²) in [7, 11) is 0.923. The standard InChI is InChI=1S/C12H6F10O2/c1-24-7-3-2-5(4-6(7)13)8(23)9(14,15)10(16,17)11(18,19)12(20,21)22/h2-4H,1H3. The van der Waals surface area contributed by atoms with Gasteiger partial charge >= 0.3 is 23.9 Å². The minimum absolute atomic E-state index is 0.0586. The summed E-state index contributed by atoms with van der Waals surface area (Å²) in [6.45, 7) is 0. The van der Waals surface area contributed by atoms with Gasteiger partial charge in [-0.15, -0.1) is 0 Å². The number of Topliss-reactive ketones (excluding diaryl/α,β-unsaturated/α-hetero) is 1. The molecule has 0 aliphatic carbocycles. The van der Waals surface area contributed by atoms with Crippen LogP contribution in [0.2, 0.25) is 0 Å². The molecule has 136 valence electrons. The third-order valence-corrected chi connectivity index (χ3v) is 2.84. The highest BCUT2D eigenvalue weighted by Gasteiger charge is 2.83. The zero-order chi connectivity index (χ0) is 19.1. The first-order chi connectivity index (χ1) is 10.6. The quantitative estimate of drug-likeness (QED) is 0.563. The Hall–Kier alpha value is -2.01. The van der Waals surface area contributed by atoms with Crippen molar-refractivity contribution in [1.82, 2.24) is 0 Å². The van der Waals surface area contributed by atoms with Gasteiger partial charge in [0.1, 0.15) is 0 Å². The van der Waals surface area contributed by atoms with Gasteiger partial charge in [0.25, 0.3) is 0 Å². The normalized spacial score (nSPS) is 13.8. The first-order valence-electron chi connectivity index (χ1n) is 5.69. The van der Waals surface area contributed by atoms with Crippen molar-refractivity contribution in [2.24, 2.45) is 0 Å². The predicted molar refractivity (Wildman–Crippen MR) is 58.2 cm³/mol. The van der Waals surface area contributed by atoms with Gasteiger partial charge in [0.05, 0.1) is 7.11 Å². The van der Waals surface area contributed by atoms with Crippen LogP contribution in [-0.4, -0.2) is 36.8 Å². The van der Waals surface area contributed by atoms with E-state index >= 15 is 0 Å². The number of benzene rings is 1. The number of halogens is 10. The lowest BCUT2D eigenvalue weighted by Crippen LogP contribution is -2.63. The molecule has 2 nitrogen and oxygen atoms in total. The van der Waals surface area contributed by atoms with E-state index in [0.717, 1.165) is 7.11 Å². The van der Waals surface area contributed by atoms with E-state index in [0.29, 0.717) is 12.1 Å². The van der Waals surface area contributed by atoms with Crippen LogP contribution in [0.1, 0.15) is 10.4 Å². The fraction of sp³-hybridized carbons (Fsp3) is 0.417. The molecular formula is C12H6F10O2. The Bertz CT molecular complexity index is 635. The van der Waals surface area contributed by atoms with Gasteiger partial charge in [-0.05, 0) is 18.2 Å². The van der Waals surface area contributed by atoms with Crippen molar-refractivity contribution in [2.45, 2.75) is 23.9 Å². The lowest BCUT2D eigenvalue weighted by atomic mass is 9.95. The molecule has 0 radical (unpaired) electrons. The van der Waals surface area contributed by atoms with E-state index in [2.05, 4.69) is 4.74 Å². The van der Waals surface area contributed by atoms with Crippen LogP contribution in [0.25, 0.3) is 0 Å². The number of alkyl halides is 9. The smallest absolute Gasteiger partial charge is 0.460 e. The number of ketones is 1. The molecule has 0 bridgehead atoms. The average Bonchev–Trinajstić information content (AvgIpc) is 2.44. The van der Waals surface area contributed by atoms with Crippen LogP contribution >= 0.6 is 0 Å². The van der Waals surface area contributed by atoms with Crippen molar-refractivity contribution in [3.63, 3.8) is 0 Å². The summed E-state index contributed by atoms with van der Waals surface area (Å²) in [6, 6.07) is 0.773. The van der Waals surface area contributed by atoms with Crippen LogP contribution in [0.5, 0.6) is 5.75 Å². The van der Waals surface area contributed by atoms with E-state index in [1.807, 2.05) is 0 Å². The lowest BCUT2D eigenvalue weighted by Gasteiger charge is -2.32. The number of rotatable bonds is 5.